The summed E-state index contributed by atoms with van der Waals surface area (Å²) in [5.41, 5.74) is 2.32. The molecule has 0 saturated carbocycles. The van der Waals surface area contributed by atoms with Gasteiger partial charge < -0.3 is 10.0 Å². The number of hydrogen-bond donors (Lipinski definition) is 2. The Balaban J connectivity index is 1.67. The highest BCUT2D eigenvalue weighted by atomic mass is 16.4. The molecule has 2 atom stereocenters. The van der Waals surface area contributed by atoms with Crippen LogP contribution in [-0.4, -0.2) is 40.1 Å². The Morgan fingerprint density at radius 1 is 1.32 bits per heavy atom. The first-order valence-corrected chi connectivity index (χ1v) is 7.80. The molecule has 1 aromatic rings. The van der Waals surface area contributed by atoms with Gasteiger partial charge in [-0.2, -0.15) is 0 Å². The van der Waals surface area contributed by atoms with Crippen LogP contribution in [0.4, 0.5) is 10.6 Å². The highest BCUT2D eigenvalue weighted by Gasteiger charge is 2.32. The van der Waals surface area contributed by atoms with E-state index in [0.717, 1.165) is 25.0 Å². The highest BCUT2D eigenvalue weighted by molar-refractivity contribution is 5.89. The van der Waals surface area contributed by atoms with Crippen LogP contribution in [0.25, 0.3) is 0 Å². The molecule has 1 aliphatic carbocycles. The van der Waals surface area contributed by atoms with Gasteiger partial charge in [-0.1, -0.05) is 13.0 Å². The molecule has 22 heavy (non-hydrogen) atoms. The molecule has 2 amide bonds. The molecule has 1 aromatic heterocycles. The van der Waals surface area contributed by atoms with E-state index in [-0.39, 0.29) is 18.5 Å². The third-order valence-corrected chi connectivity index (χ3v) is 4.46. The first kappa shape index (κ1) is 14.8. The van der Waals surface area contributed by atoms with Gasteiger partial charge in [-0.15, -0.1) is 0 Å². The largest absolute Gasteiger partial charge is 0.481 e. The minimum Gasteiger partial charge on any atom is -0.481 e. The van der Waals surface area contributed by atoms with Crippen LogP contribution in [0.5, 0.6) is 0 Å². The van der Waals surface area contributed by atoms with E-state index in [1.165, 1.54) is 5.56 Å². The Bertz CT molecular complexity index is 602. The standard InChI is InChI=1S/C16H21N3O3/c1-10-7-12(15(20)21)9-19(8-10)16(22)18-14-6-5-11-3-2-4-13(11)17-14/h5-6,10,12H,2-4,7-9H2,1H3,(H,20,21)(H,17,18,22). The second-order valence-corrected chi connectivity index (χ2v) is 6.37. The van der Waals surface area contributed by atoms with Crippen molar-refractivity contribution in [3.05, 3.63) is 23.4 Å². The van der Waals surface area contributed by atoms with Crippen molar-refractivity contribution in [3.8, 4) is 0 Å². The smallest absolute Gasteiger partial charge is 0.323 e. The summed E-state index contributed by atoms with van der Waals surface area (Å²) in [6.45, 7) is 2.82. The van der Waals surface area contributed by atoms with Gasteiger partial charge in [-0.05, 0) is 43.2 Å². The monoisotopic (exact) mass is 303 g/mol. The second-order valence-electron chi connectivity index (χ2n) is 6.37. The zero-order valence-electron chi connectivity index (χ0n) is 12.7. The number of aliphatic carboxylic acids is 1. The first-order chi connectivity index (χ1) is 10.5. The van der Waals surface area contributed by atoms with E-state index in [1.807, 2.05) is 19.1 Å². The number of pyridine rings is 1. The summed E-state index contributed by atoms with van der Waals surface area (Å²) < 4.78 is 0. The van der Waals surface area contributed by atoms with Gasteiger partial charge in [0.15, 0.2) is 0 Å². The minimum absolute atomic E-state index is 0.188. The minimum atomic E-state index is -0.833. The average molecular weight is 303 g/mol. The van der Waals surface area contributed by atoms with Crippen LogP contribution >= 0.6 is 0 Å². The molecule has 0 bridgehead atoms. The van der Waals surface area contributed by atoms with Gasteiger partial charge in [0.2, 0.25) is 0 Å². The predicted molar refractivity (Wildman–Crippen MR) is 81.8 cm³/mol. The zero-order chi connectivity index (χ0) is 15.7. The molecule has 6 nitrogen and oxygen atoms in total. The zero-order valence-corrected chi connectivity index (χ0v) is 12.7. The van der Waals surface area contributed by atoms with Gasteiger partial charge in [-0.3, -0.25) is 10.1 Å². The third kappa shape index (κ3) is 3.05. The lowest BCUT2D eigenvalue weighted by molar-refractivity contribution is -0.143. The van der Waals surface area contributed by atoms with Crippen molar-refractivity contribution in [2.75, 3.05) is 18.4 Å². The normalized spacial score (nSPS) is 24.0. The van der Waals surface area contributed by atoms with E-state index >= 15 is 0 Å². The summed E-state index contributed by atoms with van der Waals surface area (Å²) in [5.74, 6) is -0.577. The number of likely N-dealkylation sites (tertiary alicyclic amines) is 1. The number of nitrogens with one attached hydrogen (secondary N) is 1. The Hall–Kier alpha value is -2.11. The first-order valence-electron chi connectivity index (χ1n) is 7.80. The Labute approximate surface area is 129 Å². The van der Waals surface area contributed by atoms with E-state index in [1.54, 1.807) is 4.90 Å². The van der Waals surface area contributed by atoms with E-state index in [0.29, 0.717) is 18.8 Å². The number of amides is 2. The average Bonchev–Trinajstić information content (AvgIpc) is 2.94. The fraction of sp³-hybridized carbons (Fsp3) is 0.562. The number of anilines is 1. The second kappa shape index (κ2) is 5.94. The van der Waals surface area contributed by atoms with Gasteiger partial charge >= 0.3 is 12.0 Å². The van der Waals surface area contributed by atoms with E-state index in [2.05, 4.69) is 10.3 Å². The summed E-state index contributed by atoms with van der Waals surface area (Å²) >= 11 is 0. The number of piperidine rings is 1. The van der Waals surface area contributed by atoms with Crippen molar-refractivity contribution in [3.63, 3.8) is 0 Å². The number of carboxylic acids is 1. The molecule has 2 unspecified atom stereocenters. The van der Waals surface area contributed by atoms with Crippen molar-refractivity contribution in [2.45, 2.75) is 32.6 Å². The lowest BCUT2D eigenvalue weighted by Gasteiger charge is -2.34. The fourth-order valence-electron chi connectivity index (χ4n) is 3.38. The molecule has 1 saturated heterocycles. The molecule has 1 fully saturated rings. The van der Waals surface area contributed by atoms with Gasteiger partial charge in [0.05, 0.1) is 5.92 Å². The predicted octanol–water partition coefficient (Wildman–Crippen LogP) is 2.14. The van der Waals surface area contributed by atoms with Crippen LogP contribution in [0.2, 0.25) is 0 Å². The number of urea groups is 1. The van der Waals surface area contributed by atoms with Crippen molar-refractivity contribution < 1.29 is 14.7 Å². The number of carbonyl (C=O) groups excluding carboxylic acids is 1. The van der Waals surface area contributed by atoms with Crippen molar-refractivity contribution in [1.82, 2.24) is 9.88 Å². The van der Waals surface area contributed by atoms with Crippen molar-refractivity contribution in [2.24, 2.45) is 11.8 Å². The highest BCUT2D eigenvalue weighted by Crippen LogP contribution is 2.24. The number of rotatable bonds is 2. The van der Waals surface area contributed by atoms with Crippen molar-refractivity contribution in [1.29, 1.82) is 0 Å². The van der Waals surface area contributed by atoms with Gasteiger partial charge in [0.1, 0.15) is 5.82 Å². The SMILES string of the molecule is CC1CC(C(=O)O)CN(C(=O)Nc2ccc3c(n2)CCC3)C1. The van der Waals surface area contributed by atoms with Gasteiger partial charge in [-0.25, -0.2) is 9.78 Å². The Kier molecular flexibility index (Phi) is 4.00. The maximum absolute atomic E-state index is 12.4. The van der Waals surface area contributed by atoms with E-state index in [4.69, 9.17) is 0 Å². The number of aromatic nitrogens is 1. The molecule has 1 aliphatic heterocycles. The van der Waals surface area contributed by atoms with E-state index < -0.39 is 11.9 Å². The molecule has 3 rings (SSSR count). The van der Waals surface area contributed by atoms with Gasteiger partial charge in [0.25, 0.3) is 0 Å². The molecule has 118 valence electrons. The Morgan fingerprint density at radius 3 is 2.91 bits per heavy atom. The number of carbonyl (C=O) groups is 2. The van der Waals surface area contributed by atoms with Crippen LogP contribution in [0.15, 0.2) is 12.1 Å². The maximum atomic E-state index is 12.4. The third-order valence-electron chi connectivity index (χ3n) is 4.46. The quantitative estimate of drug-likeness (QED) is 0.877. The van der Waals surface area contributed by atoms with Crippen LogP contribution in [0, 0.1) is 11.8 Å². The number of fused-ring (bicyclic) bond motifs is 1. The van der Waals surface area contributed by atoms with Crippen LogP contribution in [0.1, 0.15) is 31.0 Å². The number of nitrogens with zero attached hydrogens (tertiary/aromatic N) is 2. The summed E-state index contributed by atoms with van der Waals surface area (Å²) in [5, 5.41) is 12.0. The lowest BCUT2D eigenvalue weighted by atomic mass is 9.91. The summed E-state index contributed by atoms with van der Waals surface area (Å²) in [4.78, 5) is 29.6. The molecule has 2 heterocycles. The lowest BCUT2D eigenvalue weighted by Crippen LogP contribution is -2.47. The summed E-state index contributed by atoms with van der Waals surface area (Å²) in [7, 11) is 0. The van der Waals surface area contributed by atoms with Crippen molar-refractivity contribution >= 4 is 17.8 Å². The maximum Gasteiger partial charge on any atom is 0.323 e. The van der Waals surface area contributed by atoms with Crippen LogP contribution in [-0.2, 0) is 17.6 Å². The molecule has 2 aliphatic rings. The number of aryl methyl sites for hydroxylation is 2. The summed E-state index contributed by atoms with van der Waals surface area (Å²) in [6.07, 6.45) is 3.75. The summed E-state index contributed by atoms with van der Waals surface area (Å²) in [6, 6.07) is 3.58. The number of carboxylic acid groups (broad SMARTS) is 1. The Morgan fingerprint density at radius 2 is 2.14 bits per heavy atom. The van der Waals surface area contributed by atoms with E-state index in [9.17, 15) is 14.7 Å². The fourth-order valence-corrected chi connectivity index (χ4v) is 3.38. The molecule has 0 spiro atoms. The molecule has 0 aromatic carbocycles. The topological polar surface area (TPSA) is 82.5 Å². The van der Waals surface area contributed by atoms with Crippen LogP contribution in [0.3, 0.4) is 0 Å². The molecular weight excluding hydrogens is 282 g/mol. The van der Waals surface area contributed by atoms with Gasteiger partial charge in [0, 0.05) is 18.8 Å². The molecule has 0 radical (unpaired) electrons. The molecular formula is C16H21N3O3. The molecule has 6 heteroatoms. The number of hydrogen-bond acceptors (Lipinski definition) is 3. The molecule has 2 N–H and O–H groups in total. The van der Waals surface area contributed by atoms with Crippen LogP contribution < -0.4 is 5.32 Å².